The van der Waals surface area contributed by atoms with Crippen LogP contribution in [0.25, 0.3) is 11.0 Å². The topological polar surface area (TPSA) is 56.1 Å². The minimum absolute atomic E-state index is 0.104. The Hall–Kier alpha value is -2.82. The highest BCUT2D eigenvalue weighted by molar-refractivity contribution is 5.78. The Morgan fingerprint density at radius 2 is 1.78 bits per heavy atom. The van der Waals surface area contributed by atoms with E-state index in [0.29, 0.717) is 13.2 Å². The second kappa shape index (κ2) is 12.3. The van der Waals surface area contributed by atoms with E-state index >= 15 is 0 Å². The van der Waals surface area contributed by atoms with Crippen LogP contribution in [0.4, 0.5) is 0 Å². The predicted octanol–water partition coefficient (Wildman–Crippen LogP) is 5.55. The summed E-state index contributed by atoms with van der Waals surface area (Å²) < 4.78 is 8.21. The molecule has 1 amide bonds. The molecule has 3 aromatic rings. The average molecular weight is 436 g/mol. The molecule has 0 aliphatic carbocycles. The number of rotatable bonds is 13. The molecule has 3 rings (SSSR count). The maximum atomic E-state index is 12.3. The maximum absolute atomic E-state index is 12.3. The Labute approximate surface area is 192 Å². The van der Waals surface area contributed by atoms with Crippen molar-refractivity contribution in [3.05, 3.63) is 59.9 Å². The second-order valence-corrected chi connectivity index (χ2v) is 8.28. The van der Waals surface area contributed by atoms with Gasteiger partial charge in [-0.1, -0.05) is 45.0 Å². The molecule has 0 bridgehead atoms. The molecule has 1 N–H and O–H groups in total. The van der Waals surface area contributed by atoms with Crippen LogP contribution in [0.5, 0.6) is 5.75 Å². The lowest BCUT2D eigenvalue weighted by Crippen LogP contribution is -2.32. The van der Waals surface area contributed by atoms with Crippen LogP contribution in [0, 0.1) is 5.92 Å². The first-order chi connectivity index (χ1) is 15.7. The number of benzene rings is 2. The van der Waals surface area contributed by atoms with Crippen LogP contribution in [0.3, 0.4) is 0 Å². The van der Waals surface area contributed by atoms with Gasteiger partial charge in [-0.3, -0.25) is 4.79 Å². The molecule has 0 atom stereocenters. The van der Waals surface area contributed by atoms with Crippen molar-refractivity contribution in [3.63, 3.8) is 0 Å². The molecule has 32 heavy (non-hydrogen) atoms. The van der Waals surface area contributed by atoms with Crippen LogP contribution in [-0.4, -0.2) is 28.6 Å². The summed E-state index contributed by atoms with van der Waals surface area (Å²) in [6.07, 6.45) is 5.54. The van der Waals surface area contributed by atoms with Crippen LogP contribution in [0.1, 0.15) is 57.8 Å². The van der Waals surface area contributed by atoms with E-state index in [9.17, 15) is 4.79 Å². The van der Waals surface area contributed by atoms with Gasteiger partial charge in [-0.05, 0) is 61.9 Å². The molecule has 172 valence electrons. The standard InChI is InChI=1S/C27H37N3O2/c1-4-21-13-15-23(16-14-21)32-20-10-9-19-30-25-12-8-7-11-24(25)29-26(30)17-18-28-27(31)22(5-2)6-3/h7-8,11-16,22H,4-6,9-10,17-20H2,1-3H3,(H,28,31). The van der Waals surface area contributed by atoms with Crippen molar-refractivity contribution in [1.82, 2.24) is 14.9 Å². The van der Waals surface area contributed by atoms with Gasteiger partial charge in [-0.15, -0.1) is 0 Å². The van der Waals surface area contributed by atoms with Crippen molar-refractivity contribution >= 4 is 16.9 Å². The molecule has 2 aromatic carbocycles. The highest BCUT2D eigenvalue weighted by Crippen LogP contribution is 2.18. The van der Waals surface area contributed by atoms with Crippen molar-refractivity contribution < 1.29 is 9.53 Å². The van der Waals surface area contributed by atoms with Crippen molar-refractivity contribution in [2.45, 2.75) is 65.8 Å². The third-order valence-corrected chi connectivity index (χ3v) is 6.11. The van der Waals surface area contributed by atoms with E-state index < -0.39 is 0 Å². The predicted molar refractivity (Wildman–Crippen MR) is 131 cm³/mol. The van der Waals surface area contributed by atoms with Crippen LogP contribution in [0.2, 0.25) is 0 Å². The van der Waals surface area contributed by atoms with E-state index in [1.807, 2.05) is 6.07 Å². The Morgan fingerprint density at radius 3 is 2.50 bits per heavy atom. The Morgan fingerprint density at radius 1 is 1.03 bits per heavy atom. The molecule has 1 aromatic heterocycles. The molecule has 0 saturated carbocycles. The largest absolute Gasteiger partial charge is 0.494 e. The number of carbonyl (C=O) groups is 1. The van der Waals surface area contributed by atoms with Gasteiger partial charge in [-0.2, -0.15) is 0 Å². The molecule has 0 unspecified atom stereocenters. The summed E-state index contributed by atoms with van der Waals surface area (Å²) in [7, 11) is 0. The summed E-state index contributed by atoms with van der Waals surface area (Å²) in [5.74, 6) is 2.23. The zero-order valence-corrected chi connectivity index (χ0v) is 19.8. The van der Waals surface area contributed by atoms with Gasteiger partial charge in [-0.25, -0.2) is 4.98 Å². The minimum atomic E-state index is 0.104. The van der Waals surface area contributed by atoms with E-state index in [-0.39, 0.29) is 11.8 Å². The SMILES string of the molecule is CCc1ccc(OCCCCn2c(CCNC(=O)C(CC)CC)nc3ccccc32)cc1. The quantitative estimate of drug-likeness (QED) is 0.358. The molecular weight excluding hydrogens is 398 g/mol. The van der Waals surface area contributed by atoms with Crippen molar-refractivity contribution in [1.29, 1.82) is 0 Å². The number of ether oxygens (including phenoxy) is 1. The van der Waals surface area contributed by atoms with E-state index in [0.717, 1.165) is 67.7 Å². The number of hydrogen-bond donors (Lipinski definition) is 1. The number of aryl methyl sites for hydroxylation is 2. The molecule has 0 spiro atoms. The van der Waals surface area contributed by atoms with Crippen LogP contribution in [0.15, 0.2) is 48.5 Å². The normalized spacial score (nSPS) is 11.2. The van der Waals surface area contributed by atoms with Gasteiger partial charge in [0.15, 0.2) is 0 Å². The lowest BCUT2D eigenvalue weighted by molar-refractivity contribution is -0.125. The summed E-state index contributed by atoms with van der Waals surface area (Å²) in [4.78, 5) is 17.1. The molecule has 5 nitrogen and oxygen atoms in total. The van der Waals surface area contributed by atoms with E-state index in [1.54, 1.807) is 0 Å². The maximum Gasteiger partial charge on any atom is 0.223 e. The van der Waals surface area contributed by atoms with Gasteiger partial charge in [0.25, 0.3) is 0 Å². The van der Waals surface area contributed by atoms with Gasteiger partial charge >= 0.3 is 0 Å². The molecule has 0 fully saturated rings. The summed E-state index contributed by atoms with van der Waals surface area (Å²) in [5, 5.41) is 3.10. The van der Waals surface area contributed by atoms with E-state index in [2.05, 4.69) is 73.1 Å². The molecular formula is C27H37N3O2. The minimum Gasteiger partial charge on any atom is -0.494 e. The molecule has 0 aliphatic rings. The first kappa shape index (κ1) is 23.8. The van der Waals surface area contributed by atoms with E-state index in [4.69, 9.17) is 9.72 Å². The van der Waals surface area contributed by atoms with Gasteiger partial charge in [0.05, 0.1) is 17.6 Å². The van der Waals surface area contributed by atoms with Crippen LogP contribution < -0.4 is 10.1 Å². The zero-order valence-electron chi connectivity index (χ0n) is 19.8. The van der Waals surface area contributed by atoms with Crippen LogP contribution in [-0.2, 0) is 24.2 Å². The summed E-state index contributed by atoms with van der Waals surface area (Å²) in [6.45, 7) is 8.52. The van der Waals surface area contributed by atoms with Crippen molar-refractivity contribution in [3.8, 4) is 5.75 Å². The molecule has 0 saturated heterocycles. The monoisotopic (exact) mass is 435 g/mol. The lowest BCUT2D eigenvalue weighted by atomic mass is 10.0. The third kappa shape index (κ3) is 6.35. The highest BCUT2D eigenvalue weighted by atomic mass is 16.5. The van der Waals surface area contributed by atoms with Crippen molar-refractivity contribution in [2.75, 3.05) is 13.2 Å². The van der Waals surface area contributed by atoms with Crippen molar-refractivity contribution in [2.24, 2.45) is 5.92 Å². The number of nitrogens with zero attached hydrogens (tertiary/aromatic N) is 2. The number of imidazole rings is 1. The number of carbonyl (C=O) groups excluding carboxylic acids is 1. The fourth-order valence-corrected chi connectivity index (χ4v) is 4.05. The number of fused-ring (bicyclic) bond motifs is 1. The fraction of sp³-hybridized carbons (Fsp3) is 0.481. The third-order valence-electron chi connectivity index (χ3n) is 6.11. The highest BCUT2D eigenvalue weighted by Gasteiger charge is 2.15. The molecule has 0 radical (unpaired) electrons. The zero-order chi connectivity index (χ0) is 22.8. The first-order valence-electron chi connectivity index (χ1n) is 12.1. The number of unbranched alkanes of at least 4 members (excludes halogenated alkanes) is 1. The molecule has 0 aliphatic heterocycles. The number of para-hydroxylation sites is 2. The smallest absolute Gasteiger partial charge is 0.223 e. The molecule has 5 heteroatoms. The fourth-order valence-electron chi connectivity index (χ4n) is 4.05. The lowest BCUT2D eigenvalue weighted by Gasteiger charge is -2.13. The average Bonchev–Trinajstić information content (AvgIpc) is 3.17. The first-order valence-corrected chi connectivity index (χ1v) is 12.1. The molecule has 1 heterocycles. The van der Waals surface area contributed by atoms with Gasteiger partial charge in [0.1, 0.15) is 11.6 Å². The van der Waals surface area contributed by atoms with E-state index in [1.165, 1.54) is 5.56 Å². The number of nitrogens with one attached hydrogen (secondary N) is 1. The Kier molecular flexibility index (Phi) is 9.14. The Bertz CT molecular complexity index is 974. The summed E-state index contributed by atoms with van der Waals surface area (Å²) in [6, 6.07) is 16.6. The van der Waals surface area contributed by atoms with Gasteiger partial charge in [0, 0.05) is 25.4 Å². The Balaban J connectivity index is 1.53. The summed E-state index contributed by atoms with van der Waals surface area (Å²) in [5.41, 5.74) is 3.50. The van der Waals surface area contributed by atoms with Crippen LogP contribution >= 0.6 is 0 Å². The number of hydrogen-bond acceptors (Lipinski definition) is 3. The van der Waals surface area contributed by atoms with Gasteiger partial charge < -0.3 is 14.6 Å². The second-order valence-electron chi connectivity index (χ2n) is 8.28. The number of aromatic nitrogens is 2. The number of amides is 1. The van der Waals surface area contributed by atoms with Gasteiger partial charge in [0.2, 0.25) is 5.91 Å². The summed E-state index contributed by atoms with van der Waals surface area (Å²) >= 11 is 0.